The fraction of sp³-hybridized carbons (Fsp3) is 0. The van der Waals surface area contributed by atoms with Gasteiger partial charge in [0.25, 0.3) is 5.91 Å². The number of aromatic nitrogens is 1. The molecular formula is C12H9FN2O2. The number of hydrogen-bond donors (Lipinski definition) is 2. The standard InChI is InChI=1S/C12H9FN2O2/c13-9-4-1-5-10(16)11(9)12(17)15-8-3-2-6-14-7-8/h1-7,16H,(H,15,17). The van der Waals surface area contributed by atoms with E-state index in [4.69, 9.17) is 0 Å². The molecule has 5 heteroatoms. The summed E-state index contributed by atoms with van der Waals surface area (Å²) in [5, 5.41) is 11.9. The van der Waals surface area contributed by atoms with Gasteiger partial charge in [-0.05, 0) is 24.3 Å². The van der Waals surface area contributed by atoms with E-state index in [1.807, 2.05) is 0 Å². The second-order valence-electron chi connectivity index (χ2n) is 3.33. The van der Waals surface area contributed by atoms with E-state index in [9.17, 15) is 14.3 Å². The maximum atomic E-state index is 13.4. The van der Waals surface area contributed by atoms with Gasteiger partial charge in [0.15, 0.2) is 0 Å². The maximum Gasteiger partial charge on any atom is 0.262 e. The number of hydrogen-bond acceptors (Lipinski definition) is 3. The Morgan fingerprint density at radius 3 is 2.76 bits per heavy atom. The number of nitrogens with one attached hydrogen (secondary N) is 1. The summed E-state index contributed by atoms with van der Waals surface area (Å²) < 4.78 is 13.4. The molecule has 4 nitrogen and oxygen atoms in total. The van der Waals surface area contributed by atoms with Gasteiger partial charge in [0, 0.05) is 6.20 Å². The van der Waals surface area contributed by atoms with Gasteiger partial charge in [-0.15, -0.1) is 0 Å². The van der Waals surface area contributed by atoms with Crippen LogP contribution in [0, 0.1) is 5.82 Å². The van der Waals surface area contributed by atoms with Crippen molar-refractivity contribution in [1.82, 2.24) is 4.98 Å². The highest BCUT2D eigenvalue weighted by molar-refractivity contribution is 6.06. The number of aromatic hydroxyl groups is 1. The summed E-state index contributed by atoms with van der Waals surface area (Å²) in [5.74, 6) is -1.88. The van der Waals surface area contributed by atoms with Crippen LogP contribution in [-0.4, -0.2) is 16.0 Å². The minimum absolute atomic E-state index is 0.378. The molecule has 0 aliphatic heterocycles. The fourth-order valence-electron chi connectivity index (χ4n) is 1.37. The van der Waals surface area contributed by atoms with Crippen LogP contribution in [0.3, 0.4) is 0 Å². The van der Waals surface area contributed by atoms with Gasteiger partial charge in [-0.25, -0.2) is 4.39 Å². The van der Waals surface area contributed by atoms with Gasteiger partial charge in [0.2, 0.25) is 0 Å². The molecule has 0 saturated heterocycles. The Morgan fingerprint density at radius 1 is 1.29 bits per heavy atom. The molecule has 1 aromatic heterocycles. The van der Waals surface area contributed by atoms with Crippen LogP contribution >= 0.6 is 0 Å². The zero-order valence-corrected chi connectivity index (χ0v) is 8.72. The molecule has 1 heterocycles. The van der Waals surface area contributed by atoms with E-state index >= 15 is 0 Å². The number of phenolic OH excluding ortho intramolecular Hbond substituents is 1. The first-order valence-electron chi connectivity index (χ1n) is 4.87. The fourth-order valence-corrected chi connectivity index (χ4v) is 1.37. The highest BCUT2D eigenvalue weighted by Gasteiger charge is 2.16. The SMILES string of the molecule is O=C(Nc1cccnc1)c1c(O)cccc1F. The van der Waals surface area contributed by atoms with Crippen molar-refractivity contribution in [2.75, 3.05) is 5.32 Å². The number of rotatable bonds is 2. The average molecular weight is 232 g/mol. The van der Waals surface area contributed by atoms with E-state index in [0.717, 1.165) is 6.07 Å². The predicted octanol–water partition coefficient (Wildman–Crippen LogP) is 2.18. The molecule has 0 aliphatic rings. The van der Waals surface area contributed by atoms with Crippen LogP contribution in [0.15, 0.2) is 42.7 Å². The van der Waals surface area contributed by atoms with Crippen molar-refractivity contribution in [3.05, 3.63) is 54.1 Å². The molecule has 0 spiro atoms. The summed E-state index contributed by atoms with van der Waals surface area (Å²) >= 11 is 0. The van der Waals surface area contributed by atoms with Crippen LogP contribution < -0.4 is 5.32 Å². The highest BCUT2D eigenvalue weighted by Crippen LogP contribution is 2.20. The lowest BCUT2D eigenvalue weighted by atomic mass is 10.1. The summed E-state index contributed by atoms with van der Waals surface area (Å²) in [6.07, 6.45) is 2.98. The van der Waals surface area contributed by atoms with E-state index < -0.39 is 17.5 Å². The first kappa shape index (κ1) is 11.1. The second kappa shape index (κ2) is 4.61. The van der Waals surface area contributed by atoms with Gasteiger partial charge in [-0.3, -0.25) is 9.78 Å². The van der Waals surface area contributed by atoms with E-state index in [2.05, 4.69) is 10.3 Å². The molecule has 1 aromatic carbocycles. The lowest BCUT2D eigenvalue weighted by molar-refractivity contribution is 0.102. The van der Waals surface area contributed by atoms with Gasteiger partial charge in [0.1, 0.15) is 17.1 Å². The lowest BCUT2D eigenvalue weighted by Gasteiger charge is -2.06. The summed E-state index contributed by atoms with van der Waals surface area (Å²) in [5.41, 5.74) is 0.0523. The minimum atomic E-state index is -0.772. The first-order chi connectivity index (χ1) is 8.18. The van der Waals surface area contributed by atoms with E-state index in [-0.39, 0.29) is 5.56 Å². The van der Waals surface area contributed by atoms with E-state index in [1.54, 1.807) is 18.3 Å². The molecule has 0 radical (unpaired) electrons. The summed E-state index contributed by atoms with van der Waals surface area (Å²) in [6, 6.07) is 6.93. The number of phenols is 1. The van der Waals surface area contributed by atoms with Crippen LogP contribution in [0.25, 0.3) is 0 Å². The molecule has 0 fully saturated rings. The molecular weight excluding hydrogens is 223 g/mol. The normalized spacial score (nSPS) is 9.94. The molecule has 2 N–H and O–H groups in total. The van der Waals surface area contributed by atoms with Crippen LogP contribution in [0.2, 0.25) is 0 Å². The van der Waals surface area contributed by atoms with E-state index in [0.29, 0.717) is 5.69 Å². The zero-order chi connectivity index (χ0) is 12.3. The van der Waals surface area contributed by atoms with Crippen LogP contribution in [0.5, 0.6) is 5.75 Å². The maximum absolute atomic E-state index is 13.4. The molecule has 1 amide bonds. The van der Waals surface area contributed by atoms with Crippen LogP contribution in [0.1, 0.15) is 10.4 Å². The predicted molar refractivity (Wildman–Crippen MR) is 60.3 cm³/mol. The summed E-state index contributed by atoms with van der Waals surface area (Å²) in [6.45, 7) is 0. The molecule has 0 bridgehead atoms. The van der Waals surface area contributed by atoms with Crippen molar-refractivity contribution < 1.29 is 14.3 Å². The Balaban J connectivity index is 2.27. The number of pyridine rings is 1. The molecule has 2 aromatic rings. The Kier molecular flexibility index (Phi) is 3.00. The number of halogens is 1. The van der Waals surface area contributed by atoms with Gasteiger partial charge in [-0.2, -0.15) is 0 Å². The van der Waals surface area contributed by atoms with Crippen LogP contribution in [-0.2, 0) is 0 Å². The third kappa shape index (κ3) is 2.39. The zero-order valence-electron chi connectivity index (χ0n) is 8.72. The van der Waals surface area contributed by atoms with Gasteiger partial charge in [-0.1, -0.05) is 6.07 Å². The number of amides is 1. The van der Waals surface area contributed by atoms with Gasteiger partial charge in [0.05, 0.1) is 11.9 Å². The third-order valence-corrected chi connectivity index (χ3v) is 2.14. The summed E-state index contributed by atoms with van der Waals surface area (Å²) in [7, 11) is 0. The number of anilines is 1. The Hall–Kier alpha value is -2.43. The van der Waals surface area contributed by atoms with Crippen molar-refractivity contribution in [3.8, 4) is 5.75 Å². The number of carbonyl (C=O) groups is 1. The molecule has 0 saturated carbocycles. The number of benzene rings is 1. The third-order valence-electron chi connectivity index (χ3n) is 2.14. The molecule has 2 rings (SSSR count). The largest absolute Gasteiger partial charge is 0.507 e. The molecule has 0 atom stereocenters. The van der Waals surface area contributed by atoms with Crippen molar-refractivity contribution in [2.24, 2.45) is 0 Å². The monoisotopic (exact) mass is 232 g/mol. The average Bonchev–Trinajstić information content (AvgIpc) is 2.30. The van der Waals surface area contributed by atoms with Crippen molar-refractivity contribution >= 4 is 11.6 Å². The summed E-state index contributed by atoms with van der Waals surface area (Å²) in [4.78, 5) is 15.5. The number of nitrogens with zero attached hydrogens (tertiary/aromatic N) is 1. The van der Waals surface area contributed by atoms with E-state index in [1.165, 1.54) is 18.3 Å². The van der Waals surface area contributed by atoms with Gasteiger partial charge >= 0.3 is 0 Å². The molecule has 17 heavy (non-hydrogen) atoms. The highest BCUT2D eigenvalue weighted by atomic mass is 19.1. The second-order valence-corrected chi connectivity index (χ2v) is 3.33. The minimum Gasteiger partial charge on any atom is -0.507 e. The topological polar surface area (TPSA) is 62.2 Å². The quantitative estimate of drug-likeness (QED) is 0.834. The lowest BCUT2D eigenvalue weighted by Crippen LogP contribution is -2.14. The number of carbonyl (C=O) groups excluding carboxylic acids is 1. The Bertz CT molecular complexity index is 523. The molecule has 0 aliphatic carbocycles. The Morgan fingerprint density at radius 2 is 2.12 bits per heavy atom. The molecule has 0 unspecified atom stereocenters. The van der Waals surface area contributed by atoms with Crippen LogP contribution in [0.4, 0.5) is 10.1 Å². The van der Waals surface area contributed by atoms with Crippen molar-refractivity contribution in [3.63, 3.8) is 0 Å². The first-order valence-corrected chi connectivity index (χ1v) is 4.87. The Labute approximate surface area is 96.7 Å². The van der Waals surface area contributed by atoms with Gasteiger partial charge < -0.3 is 10.4 Å². The smallest absolute Gasteiger partial charge is 0.262 e. The van der Waals surface area contributed by atoms with Crippen molar-refractivity contribution in [2.45, 2.75) is 0 Å². The van der Waals surface area contributed by atoms with Crippen molar-refractivity contribution in [1.29, 1.82) is 0 Å². The molecule has 86 valence electrons.